The Hall–Kier alpha value is -2.76. The number of ether oxygens (including phenoxy) is 1. The highest BCUT2D eigenvalue weighted by atomic mass is 35.5. The molecule has 4 nitrogen and oxygen atoms in total. The van der Waals surface area contributed by atoms with Crippen molar-refractivity contribution in [2.45, 2.75) is 5.92 Å². The van der Waals surface area contributed by atoms with Gasteiger partial charge < -0.3 is 14.8 Å². The number of hydrogen-bond acceptors (Lipinski definition) is 4. The van der Waals surface area contributed by atoms with Gasteiger partial charge in [-0.1, -0.05) is 23.7 Å². The van der Waals surface area contributed by atoms with Gasteiger partial charge >= 0.3 is 0 Å². The summed E-state index contributed by atoms with van der Waals surface area (Å²) in [5, 5.41) is 11.9. The number of pyridine rings is 1. The maximum atomic E-state index is 12.9. The lowest BCUT2D eigenvalue weighted by molar-refractivity contribution is 0.427. The molecule has 0 amide bonds. The fourth-order valence-electron chi connectivity index (χ4n) is 3.17. The molecule has 2 N–H and O–H groups in total. The van der Waals surface area contributed by atoms with Gasteiger partial charge in [0.05, 0.1) is 7.11 Å². The molecule has 0 spiro atoms. The second kappa shape index (κ2) is 7.10. The molecule has 2 aromatic carbocycles. The second-order valence-corrected chi connectivity index (χ2v) is 7.69. The van der Waals surface area contributed by atoms with Crippen LogP contribution < -0.4 is 10.3 Å². The van der Waals surface area contributed by atoms with Crippen LogP contribution >= 0.6 is 22.9 Å². The van der Waals surface area contributed by atoms with E-state index in [4.69, 9.17) is 16.3 Å². The molecule has 1 unspecified atom stereocenters. The quantitative estimate of drug-likeness (QED) is 0.501. The lowest BCUT2D eigenvalue weighted by Crippen LogP contribution is -2.17. The van der Waals surface area contributed by atoms with Crippen LogP contribution in [0.4, 0.5) is 0 Å². The minimum atomic E-state index is -0.286. The van der Waals surface area contributed by atoms with Crippen LogP contribution in [-0.4, -0.2) is 17.2 Å². The van der Waals surface area contributed by atoms with E-state index in [0.29, 0.717) is 10.6 Å². The topological polar surface area (TPSA) is 62.3 Å². The molecule has 2 aromatic heterocycles. The van der Waals surface area contributed by atoms with E-state index < -0.39 is 0 Å². The average Bonchev–Trinajstić information content (AvgIpc) is 3.13. The number of methoxy groups -OCH3 is 1. The predicted octanol–water partition coefficient (Wildman–Crippen LogP) is 5.14. The molecule has 1 atom stereocenters. The summed E-state index contributed by atoms with van der Waals surface area (Å²) < 4.78 is 5.33. The number of halogens is 1. The van der Waals surface area contributed by atoms with Gasteiger partial charge in [-0.3, -0.25) is 4.79 Å². The molecule has 4 aromatic rings. The zero-order valence-electron chi connectivity index (χ0n) is 14.4. The SMILES string of the molecule is COc1ccc(C(c2ccc(O)cc2)c2cc3cc(Cl)ccc3[nH]c2=O)s1. The third kappa shape index (κ3) is 3.44. The monoisotopic (exact) mass is 397 g/mol. The molecule has 136 valence electrons. The lowest BCUT2D eigenvalue weighted by Gasteiger charge is -2.17. The van der Waals surface area contributed by atoms with Gasteiger partial charge in [-0.2, -0.15) is 0 Å². The molecule has 27 heavy (non-hydrogen) atoms. The molecule has 2 heterocycles. The Labute approximate surface area is 164 Å². The molecular weight excluding hydrogens is 382 g/mol. The number of hydrogen-bond donors (Lipinski definition) is 2. The summed E-state index contributed by atoms with van der Waals surface area (Å²) in [5.41, 5.74) is 2.10. The van der Waals surface area contributed by atoms with E-state index in [1.165, 1.54) is 11.3 Å². The van der Waals surface area contributed by atoms with Crippen LogP contribution in [0.15, 0.2) is 65.5 Å². The van der Waals surface area contributed by atoms with Crippen LogP contribution in [0.2, 0.25) is 5.02 Å². The molecule has 0 radical (unpaired) electrons. The van der Waals surface area contributed by atoms with E-state index in [2.05, 4.69) is 4.98 Å². The Balaban J connectivity index is 1.95. The van der Waals surface area contributed by atoms with Gasteiger partial charge in [0.2, 0.25) is 0 Å². The van der Waals surface area contributed by atoms with Gasteiger partial charge in [0.15, 0.2) is 5.06 Å². The molecule has 6 heteroatoms. The molecule has 0 aliphatic carbocycles. The van der Waals surface area contributed by atoms with Crippen LogP contribution in [0.3, 0.4) is 0 Å². The van der Waals surface area contributed by atoms with Crippen LogP contribution in [0.25, 0.3) is 10.9 Å². The van der Waals surface area contributed by atoms with Crippen molar-refractivity contribution in [2.75, 3.05) is 7.11 Å². The third-order valence-electron chi connectivity index (χ3n) is 4.46. The average molecular weight is 398 g/mol. The summed E-state index contributed by atoms with van der Waals surface area (Å²) in [6.45, 7) is 0. The fourth-order valence-corrected chi connectivity index (χ4v) is 4.32. The van der Waals surface area contributed by atoms with Crippen molar-refractivity contribution in [1.29, 1.82) is 0 Å². The molecule has 0 fully saturated rings. The first-order chi connectivity index (χ1) is 13.0. The number of phenolic OH excluding ortho intramolecular Hbond substituents is 1. The number of nitrogens with one attached hydrogen (secondary N) is 1. The van der Waals surface area contributed by atoms with Crippen molar-refractivity contribution in [1.82, 2.24) is 4.98 Å². The Kier molecular flexibility index (Phi) is 4.64. The number of aromatic nitrogens is 1. The lowest BCUT2D eigenvalue weighted by atomic mass is 9.90. The van der Waals surface area contributed by atoms with Crippen LogP contribution in [-0.2, 0) is 0 Å². The van der Waals surface area contributed by atoms with Crippen LogP contribution in [0.5, 0.6) is 10.8 Å². The standard InChI is InChI=1S/C21H16ClNO3S/c1-26-19-9-8-18(27-19)20(12-2-5-15(24)6-3-12)16-11-13-10-14(22)4-7-17(13)23-21(16)25/h2-11,20,24H,1H3,(H,23,25). The minimum Gasteiger partial charge on any atom is -0.508 e. The second-order valence-electron chi connectivity index (χ2n) is 6.17. The molecule has 4 rings (SSSR count). The number of benzene rings is 2. The van der Waals surface area contributed by atoms with Crippen molar-refractivity contribution in [2.24, 2.45) is 0 Å². The largest absolute Gasteiger partial charge is 0.508 e. The first kappa shape index (κ1) is 17.6. The van der Waals surface area contributed by atoms with Gasteiger partial charge in [0, 0.05) is 26.9 Å². The third-order valence-corrected chi connectivity index (χ3v) is 5.81. The molecule has 0 aliphatic rings. The first-order valence-corrected chi connectivity index (χ1v) is 9.50. The zero-order chi connectivity index (χ0) is 19.0. The van der Waals surface area contributed by atoms with Gasteiger partial charge in [-0.05, 0) is 59.5 Å². The maximum absolute atomic E-state index is 12.9. The molecular formula is C21H16ClNO3S. The highest BCUT2D eigenvalue weighted by molar-refractivity contribution is 7.14. The number of thiophene rings is 1. The summed E-state index contributed by atoms with van der Waals surface area (Å²) in [7, 11) is 1.62. The van der Waals surface area contributed by atoms with Crippen molar-refractivity contribution >= 4 is 33.8 Å². The summed E-state index contributed by atoms with van der Waals surface area (Å²) in [5.74, 6) is -0.105. The Morgan fingerprint density at radius 1 is 1.07 bits per heavy atom. The summed E-state index contributed by atoms with van der Waals surface area (Å²) >= 11 is 7.62. The predicted molar refractivity (Wildman–Crippen MR) is 110 cm³/mol. The normalized spacial score (nSPS) is 12.2. The smallest absolute Gasteiger partial charge is 0.252 e. The Morgan fingerprint density at radius 2 is 1.85 bits per heavy atom. The summed E-state index contributed by atoms with van der Waals surface area (Å²) in [4.78, 5) is 16.8. The van der Waals surface area contributed by atoms with E-state index in [0.717, 1.165) is 26.4 Å². The van der Waals surface area contributed by atoms with Crippen molar-refractivity contribution in [3.05, 3.63) is 92.0 Å². The fraction of sp³-hybridized carbons (Fsp3) is 0.0952. The Morgan fingerprint density at radius 3 is 2.56 bits per heavy atom. The molecule has 0 saturated carbocycles. The Bertz CT molecular complexity index is 1160. The van der Waals surface area contributed by atoms with Gasteiger partial charge in [-0.15, -0.1) is 11.3 Å². The van der Waals surface area contributed by atoms with Crippen molar-refractivity contribution < 1.29 is 9.84 Å². The van der Waals surface area contributed by atoms with E-state index in [9.17, 15) is 9.90 Å². The van der Waals surface area contributed by atoms with E-state index in [-0.39, 0.29) is 17.2 Å². The highest BCUT2D eigenvalue weighted by Crippen LogP contribution is 2.38. The highest BCUT2D eigenvalue weighted by Gasteiger charge is 2.22. The zero-order valence-corrected chi connectivity index (χ0v) is 16.0. The maximum Gasteiger partial charge on any atom is 0.252 e. The number of phenols is 1. The van der Waals surface area contributed by atoms with Gasteiger partial charge in [0.1, 0.15) is 5.75 Å². The summed E-state index contributed by atoms with van der Waals surface area (Å²) in [6, 6.07) is 18.0. The van der Waals surface area contributed by atoms with Gasteiger partial charge in [-0.25, -0.2) is 0 Å². The number of rotatable bonds is 4. The number of aromatic amines is 1. The number of H-pyrrole nitrogens is 1. The van der Waals surface area contributed by atoms with E-state index >= 15 is 0 Å². The van der Waals surface area contributed by atoms with Crippen LogP contribution in [0.1, 0.15) is 21.9 Å². The number of fused-ring (bicyclic) bond motifs is 1. The van der Waals surface area contributed by atoms with E-state index in [1.54, 1.807) is 31.4 Å². The minimum absolute atomic E-state index is 0.157. The van der Waals surface area contributed by atoms with Gasteiger partial charge in [0.25, 0.3) is 5.56 Å². The molecule has 0 bridgehead atoms. The van der Waals surface area contributed by atoms with E-state index in [1.807, 2.05) is 36.4 Å². The van der Waals surface area contributed by atoms with Crippen LogP contribution in [0, 0.1) is 0 Å². The molecule has 0 aliphatic heterocycles. The number of aromatic hydroxyl groups is 1. The van der Waals surface area contributed by atoms with Crippen molar-refractivity contribution in [3.8, 4) is 10.8 Å². The summed E-state index contributed by atoms with van der Waals surface area (Å²) in [6.07, 6.45) is 0. The van der Waals surface area contributed by atoms with Crippen molar-refractivity contribution in [3.63, 3.8) is 0 Å². The first-order valence-electron chi connectivity index (χ1n) is 8.30. The molecule has 0 saturated heterocycles.